The van der Waals surface area contributed by atoms with Gasteiger partial charge >= 0.3 is 10.2 Å². The van der Waals surface area contributed by atoms with Crippen LogP contribution >= 0.6 is 0 Å². The molecule has 4 unspecified atom stereocenters. The van der Waals surface area contributed by atoms with Gasteiger partial charge in [-0.25, -0.2) is 4.72 Å². The summed E-state index contributed by atoms with van der Waals surface area (Å²) in [6, 6.07) is -0.317. The maximum atomic E-state index is 13.4. The Kier molecular flexibility index (Phi) is 4.68. The van der Waals surface area contributed by atoms with Crippen LogP contribution in [-0.2, 0) is 19.8 Å². The smallest absolute Gasteiger partial charge is 0.303 e. The fourth-order valence-corrected chi connectivity index (χ4v) is 8.20. The number of nitrogens with zero attached hydrogens (tertiary/aromatic N) is 2. The molecule has 2 saturated heterocycles. The summed E-state index contributed by atoms with van der Waals surface area (Å²) in [5, 5.41) is 3.42. The highest BCUT2D eigenvalue weighted by atomic mass is 32.2. The summed E-state index contributed by atoms with van der Waals surface area (Å²) in [6.07, 6.45) is 8.17. The fourth-order valence-electron chi connectivity index (χ4n) is 6.92. The van der Waals surface area contributed by atoms with Crippen molar-refractivity contribution in [3.05, 3.63) is 12.7 Å². The molecule has 2 N–H and O–H groups in total. The number of likely N-dealkylation sites (N-methyl/N-ethyl adjacent to an activating group) is 1. The van der Waals surface area contributed by atoms with Gasteiger partial charge in [0.2, 0.25) is 5.91 Å². The number of hydrogen-bond donors (Lipinski definition) is 2. The van der Waals surface area contributed by atoms with Crippen molar-refractivity contribution in [2.24, 2.45) is 22.7 Å². The van der Waals surface area contributed by atoms with Gasteiger partial charge in [-0.15, -0.1) is 6.58 Å². The third-order valence-corrected chi connectivity index (χ3v) is 10.8. The van der Waals surface area contributed by atoms with Crippen LogP contribution in [0.15, 0.2) is 12.7 Å². The summed E-state index contributed by atoms with van der Waals surface area (Å²) in [6.45, 7) is 7.81. The van der Waals surface area contributed by atoms with Crippen molar-refractivity contribution in [2.45, 2.75) is 63.5 Å². The van der Waals surface area contributed by atoms with Gasteiger partial charge in [-0.3, -0.25) is 9.59 Å². The van der Waals surface area contributed by atoms with Crippen LogP contribution in [0.25, 0.3) is 0 Å². The van der Waals surface area contributed by atoms with Crippen LogP contribution in [0.2, 0.25) is 0 Å². The maximum absolute atomic E-state index is 13.4. The normalized spacial score (nSPS) is 43.6. The zero-order valence-corrected chi connectivity index (χ0v) is 19.3. The van der Waals surface area contributed by atoms with Crippen LogP contribution in [0.3, 0.4) is 0 Å². The molecule has 0 aromatic rings. The lowest BCUT2D eigenvalue weighted by molar-refractivity contribution is -0.141. The van der Waals surface area contributed by atoms with E-state index in [0.29, 0.717) is 24.9 Å². The molecule has 5 fully saturated rings. The van der Waals surface area contributed by atoms with Crippen molar-refractivity contribution in [1.29, 1.82) is 0 Å². The van der Waals surface area contributed by atoms with Crippen molar-refractivity contribution in [3.63, 3.8) is 0 Å². The molecule has 2 aliphatic heterocycles. The van der Waals surface area contributed by atoms with E-state index in [1.165, 1.54) is 28.5 Å². The fraction of sp³-hybridized carbons (Fsp3) is 0.818. The largest absolute Gasteiger partial charge is 0.329 e. The monoisotopic (exact) mass is 450 g/mol. The van der Waals surface area contributed by atoms with Crippen molar-refractivity contribution in [3.8, 4) is 0 Å². The Labute approximate surface area is 185 Å². The molecular formula is C22H34N4O4S. The van der Waals surface area contributed by atoms with E-state index in [1.807, 2.05) is 0 Å². The van der Waals surface area contributed by atoms with Gasteiger partial charge in [0.05, 0.1) is 6.04 Å². The molecule has 172 valence electrons. The SMILES string of the molecule is C=C[C@@H]1C[C@@]1(C(=O)NS(=O)(=O)N1CCCC1)N(C)C(=O)C1CC2(CN1)CC21CCC1C. The van der Waals surface area contributed by atoms with E-state index in [-0.39, 0.29) is 23.3 Å². The summed E-state index contributed by atoms with van der Waals surface area (Å²) < 4.78 is 28.9. The Morgan fingerprint density at radius 3 is 2.48 bits per heavy atom. The number of rotatable bonds is 6. The summed E-state index contributed by atoms with van der Waals surface area (Å²) in [4.78, 5) is 28.1. The standard InChI is InChI=1S/C22H34N4O4S/c1-4-16-11-22(16,19(28)24-31(29,30)26-9-5-6-10-26)25(3)18(27)17-12-20(14-23-17)13-21(20)8-7-15(21)2/h4,15-17,23H,1,5-14H2,2-3H3,(H,24,28)/t15?,16-,17?,20?,21?,22-/m1/s1. The highest BCUT2D eigenvalue weighted by Gasteiger charge is 2.74. The van der Waals surface area contributed by atoms with Gasteiger partial charge in [0.15, 0.2) is 0 Å². The molecular weight excluding hydrogens is 416 g/mol. The Bertz CT molecular complexity index is 932. The van der Waals surface area contributed by atoms with Gasteiger partial charge in [0.25, 0.3) is 5.91 Å². The molecule has 3 saturated carbocycles. The molecule has 2 spiro atoms. The van der Waals surface area contributed by atoms with Crippen LogP contribution in [-0.4, -0.2) is 67.7 Å². The van der Waals surface area contributed by atoms with Crippen molar-refractivity contribution in [1.82, 2.24) is 19.2 Å². The molecule has 0 radical (unpaired) electrons. The Morgan fingerprint density at radius 1 is 1.26 bits per heavy atom. The third-order valence-electron chi connectivity index (χ3n) is 9.35. The predicted octanol–water partition coefficient (Wildman–Crippen LogP) is 1.01. The average molecular weight is 451 g/mol. The molecule has 2 amide bonds. The van der Waals surface area contributed by atoms with Crippen LogP contribution in [0.1, 0.15) is 51.9 Å². The van der Waals surface area contributed by atoms with Gasteiger partial charge in [0, 0.05) is 32.6 Å². The molecule has 9 heteroatoms. The number of carbonyl (C=O) groups excluding carboxylic acids is 2. The summed E-state index contributed by atoms with van der Waals surface area (Å²) in [5.74, 6) is -0.265. The lowest BCUT2D eigenvalue weighted by atomic mass is 9.66. The summed E-state index contributed by atoms with van der Waals surface area (Å²) >= 11 is 0. The Morgan fingerprint density at radius 2 is 1.97 bits per heavy atom. The number of nitrogens with one attached hydrogen (secondary N) is 2. The zero-order valence-electron chi connectivity index (χ0n) is 18.5. The van der Waals surface area contributed by atoms with Crippen molar-refractivity contribution < 1.29 is 18.0 Å². The highest BCUT2D eigenvalue weighted by molar-refractivity contribution is 7.87. The maximum Gasteiger partial charge on any atom is 0.303 e. The topological polar surface area (TPSA) is 98.8 Å². The van der Waals surface area contributed by atoms with Crippen LogP contribution in [0, 0.1) is 22.7 Å². The molecule has 0 aromatic heterocycles. The Balaban J connectivity index is 1.29. The quantitative estimate of drug-likeness (QED) is 0.589. The first kappa shape index (κ1) is 21.4. The minimum atomic E-state index is -3.89. The van der Waals surface area contributed by atoms with Crippen LogP contribution < -0.4 is 10.0 Å². The second-order valence-corrected chi connectivity index (χ2v) is 12.3. The van der Waals surface area contributed by atoms with Crippen LogP contribution in [0.4, 0.5) is 0 Å². The second-order valence-electron chi connectivity index (χ2n) is 10.6. The number of hydrogen-bond acceptors (Lipinski definition) is 5. The first-order valence-corrected chi connectivity index (χ1v) is 13.0. The minimum Gasteiger partial charge on any atom is -0.329 e. The van der Waals surface area contributed by atoms with E-state index < -0.39 is 21.7 Å². The molecule has 3 aliphatic carbocycles. The number of fused-ring (bicyclic) bond motifs is 1. The zero-order chi connectivity index (χ0) is 22.2. The van der Waals surface area contributed by atoms with E-state index in [2.05, 4.69) is 23.5 Å². The third kappa shape index (κ3) is 2.88. The predicted molar refractivity (Wildman–Crippen MR) is 116 cm³/mol. The van der Waals surface area contributed by atoms with Crippen molar-refractivity contribution >= 4 is 22.0 Å². The minimum absolute atomic E-state index is 0.121. The molecule has 5 rings (SSSR count). The van der Waals surface area contributed by atoms with Gasteiger partial charge in [-0.1, -0.05) is 13.0 Å². The molecule has 6 atom stereocenters. The van der Waals surface area contributed by atoms with E-state index >= 15 is 0 Å². The number of amides is 2. The first-order chi connectivity index (χ1) is 14.6. The Hall–Kier alpha value is -1.45. The summed E-state index contributed by atoms with van der Waals surface area (Å²) in [5.41, 5.74) is -0.536. The van der Waals surface area contributed by atoms with E-state index in [0.717, 1.165) is 31.7 Å². The second kappa shape index (κ2) is 6.78. The molecule has 0 aromatic carbocycles. The van der Waals surface area contributed by atoms with Crippen LogP contribution in [0.5, 0.6) is 0 Å². The average Bonchev–Trinajstić information content (AvgIpc) is 3.44. The van der Waals surface area contributed by atoms with Crippen molar-refractivity contribution in [2.75, 3.05) is 26.7 Å². The van der Waals surface area contributed by atoms with Gasteiger partial charge in [-0.2, -0.15) is 12.7 Å². The van der Waals surface area contributed by atoms with E-state index in [1.54, 1.807) is 13.1 Å². The van der Waals surface area contributed by atoms with E-state index in [9.17, 15) is 18.0 Å². The number of carbonyl (C=O) groups is 2. The van der Waals surface area contributed by atoms with Gasteiger partial charge < -0.3 is 10.2 Å². The molecule has 5 aliphatic rings. The molecule has 2 heterocycles. The van der Waals surface area contributed by atoms with Gasteiger partial charge in [-0.05, 0) is 61.7 Å². The lowest BCUT2D eigenvalue weighted by Gasteiger charge is -2.38. The highest BCUT2D eigenvalue weighted by Crippen LogP contribution is 2.78. The lowest BCUT2D eigenvalue weighted by Crippen LogP contribution is -2.57. The first-order valence-electron chi connectivity index (χ1n) is 11.6. The summed E-state index contributed by atoms with van der Waals surface area (Å²) in [7, 11) is -2.26. The molecule has 8 nitrogen and oxygen atoms in total. The van der Waals surface area contributed by atoms with Gasteiger partial charge in [0.1, 0.15) is 5.54 Å². The molecule has 31 heavy (non-hydrogen) atoms. The van der Waals surface area contributed by atoms with E-state index in [4.69, 9.17) is 0 Å². The molecule has 0 bridgehead atoms.